The summed E-state index contributed by atoms with van der Waals surface area (Å²) in [5, 5.41) is 21.6. The summed E-state index contributed by atoms with van der Waals surface area (Å²) in [5.41, 5.74) is -3.00. The second-order valence-electron chi connectivity index (χ2n) is 8.49. The molecule has 0 heterocycles. The zero-order chi connectivity index (χ0) is 31.4. The second-order valence-corrected chi connectivity index (χ2v) is 10.4. The highest BCUT2D eigenvalue weighted by atomic mass is 32.2. The van der Waals surface area contributed by atoms with Crippen molar-refractivity contribution in [3.8, 4) is 35.4 Å². The first-order valence-electron chi connectivity index (χ1n) is 11.8. The van der Waals surface area contributed by atoms with Crippen molar-refractivity contribution >= 4 is 21.2 Å². The number of nitriles is 2. The van der Waals surface area contributed by atoms with Gasteiger partial charge in [0.1, 0.15) is 43.9 Å². The number of sulfone groups is 1. The second kappa shape index (κ2) is 11.8. The lowest BCUT2D eigenvalue weighted by Crippen LogP contribution is -2.10. The van der Waals surface area contributed by atoms with Gasteiger partial charge in [-0.1, -0.05) is 24.3 Å². The van der Waals surface area contributed by atoms with Crippen LogP contribution in [0.25, 0.3) is 0 Å². The normalized spacial score (nSPS) is 11.6. The summed E-state index contributed by atoms with van der Waals surface area (Å²) in [6.45, 7) is 0. The molecule has 0 saturated carbocycles. The van der Waals surface area contributed by atoms with Gasteiger partial charge in [0.15, 0.2) is 12.4 Å². The van der Waals surface area contributed by atoms with E-state index >= 15 is 0 Å². The number of benzene rings is 4. The van der Waals surface area contributed by atoms with E-state index < -0.39 is 66.1 Å². The van der Waals surface area contributed by atoms with Crippen molar-refractivity contribution in [1.82, 2.24) is 0 Å². The number of nitrogens with zero attached hydrogens (tertiary/aromatic N) is 2. The van der Waals surface area contributed by atoms with Gasteiger partial charge in [-0.25, -0.2) is 8.42 Å². The van der Waals surface area contributed by atoms with Gasteiger partial charge in [0.25, 0.3) is 0 Å². The molecule has 0 spiro atoms. The first-order chi connectivity index (χ1) is 20.3. The number of hydrogen-bond acceptors (Lipinski definition) is 8. The average Bonchev–Trinajstić information content (AvgIpc) is 2.94. The van der Waals surface area contributed by atoms with Crippen molar-refractivity contribution in [2.45, 2.75) is 22.1 Å². The largest absolute Gasteiger partial charge is 0.455 e. The summed E-state index contributed by atoms with van der Waals surface area (Å²) in [6.07, 6.45) is -6.92. The minimum Gasteiger partial charge on any atom is -0.455 e. The smallest absolute Gasteiger partial charge is 0.420 e. The molecule has 0 fully saturated rings. The van der Waals surface area contributed by atoms with Gasteiger partial charge in [0.05, 0.1) is 0 Å². The third-order valence-corrected chi connectivity index (χ3v) is 7.52. The Hall–Kier alpha value is -5.41. The molecule has 0 atom stereocenters. The predicted octanol–water partition coefficient (Wildman–Crippen LogP) is 7.93. The number of ether oxygens (including phenoxy) is 2. The molecular formula is C28H16F6N4O4S. The fourth-order valence-corrected chi connectivity index (χ4v) is 5.34. The number of hydrogen-bond donors (Lipinski definition) is 2. The Bertz CT molecular complexity index is 1730. The Morgan fingerprint density at radius 2 is 0.953 bits per heavy atom. The molecule has 220 valence electrons. The fourth-order valence-electron chi connectivity index (χ4n) is 3.83. The topological polar surface area (TPSA) is 124 Å². The van der Waals surface area contributed by atoms with Crippen LogP contribution in [-0.2, 0) is 22.2 Å². The van der Waals surface area contributed by atoms with E-state index in [2.05, 4.69) is 10.6 Å². The third-order valence-electron chi connectivity index (χ3n) is 5.69. The Balaban J connectivity index is 1.79. The molecule has 0 saturated heterocycles. The molecule has 15 heteroatoms. The zero-order valence-corrected chi connectivity index (χ0v) is 22.1. The Kier molecular flexibility index (Phi) is 8.40. The summed E-state index contributed by atoms with van der Waals surface area (Å²) in [4.78, 5) is -1.22. The van der Waals surface area contributed by atoms with Gasteiger partial charge < -0.3 is 9.47 Å². The van der Waals surface area contributed by atoms with E-state index in [0.717, 1.165) is 48.5 Å². The standard InChI is InChI=1S/C28H16F6N4O4S/c29-27(30,31)19-13-17(37-15-35)9-11-21(19)41-23-5-1-3-7-25(23)43(39,40)26-8-4-2-6-24(26)42-22-12-10-18(38-16-36)14-20(22)28(32,33)34/h1-14,37-38H. The number of anilines is 2. The van der Waals surface area contributed by atoms with Crippen molar-refractivity contribution in [2.75, 3.05) is 10.6 Å². The first-order valence-corrected chi connectivity index (χ1v) is 13.3. The van der Waals surface area contributed by atoms with E-state index in [4.69, 9.17) is 20.0 Å². The van der Waals surface area contributed by atoms with E-state index in [1.165, 1.54) is 36.7 Å². The van der Waals surface area contributed by atoms with Gasteiger partial charge in [-0.15, -0.1) is 0 Å². The van der Waals surface area contributed by atoms with Gasteiger partial charge >= 0.3 is 12.4 Å². The number of alkyl halides is 6. The van der Waals surface area contributed by atoms with Gasteiger partial charge in [0.2, 0.25) is 9.84 Å². The summed E-state index contributed by atoms with van der Waals surface area (Å²) < 4.78 is 121. The molecule has 0 aliphatic heterocycles. The number of rotatable bonds is 8. The average molecular weight is 619 g/mol. The van der Waals surface area contributed by atoms with Crippen LogP contribution in [0.3, 0.4) is 0 Å². The maximum Gasteiger partial charge on any atom is 0.420 e. The molecule has 0 aliphatic carbocycles. The number of halogens is 6. The SMILES string of the molecule is N#CNc1ccc(Oc2ccccc2S(=O)(=O)c2ccccc2Oc2ccc(NC#N)cc2C(F)(F)F)c(C(F)(F)F)c1. The molecule has 0 unspecified atom stereocenters. The van der Waals surface area contributed by atoms with Crippen molar-refractivity contribution in [3.63, 3.8) is 0 Å². The highest BCUT2D eigenvalue weighted by Crippen LogP contribution is 2.44. The fraction of sp³-hybridized carbons (Fsp3) is 0.0714. The van der Waals surface area contributed by atoms with Gasteiger partial charge in [-0.3, -0.25) is 10.6 Å². The molecule has 4 aromatic carbocycles. The van der Waals surface area contributed by atoms with Crippen LogP contribution in [0.1, 0.15) is 11.1 Å². The molecule has 0 aromatic heterocycles. The van der Waals surface area contributed by atoms with Crippen LogP contribution in [0.5, 0.6) is 23.0 Å². The molecular weight excluding hydrogens is 602 g/mol. The van der Waals surface area contributed by atoms with Crippen molar-refractivity contribution < 1.29 is 44.2 Å². The lowest BCUT2D eigenvalue weighted by Gasteiger charge is -2.18. The van der Waals surface area contributed by atoms with Crippen molar-refractivity contribution in [3.05, 3.63) is 96.1 Å². The van der Waals surface area contributed by atoms with Crippen LogP contribution < -0.4 is 20.1 Å². The van der Waals surface area contributed by atoms with Crippen LogP contribution in [0.2, 0.25) is 0 Å². The van der Waals surface area contributed by atoms with Crippen molar-refractivity contribution in [2.24, 2.45) is 0 Å². The van der Waals surface area contributed by atoms with Crippen LogP contribution in [0.15, 0.2) is 94.7 Å². The molecule has 4 rings (SSSR count). The maximum absolute atomic E-state index is 13.8. The van der Waals surface area contributed by atoms with E-state index in [1.807, 2.05) is 0 Å². The highest BCUT2D eigenvalue weighted by molar-refractivity contribution is 7.91. The lowest BCUT2D eigenvalue weighted by atomic mass is 10.1. The molecule has 4 aromatic rings. The van der Waals surface area contributed by atoms with Gasteiger partial charge in [0, 0.05) is 11.4 Å². The third kappa shape index (κ3) is 6.74. The predicted molar refractivity (Wildman–Crippen MR) is 140 cm³/mol. The first kappa shape index (κ1) is 30.5. The summed E-state index contributed by atoms with van der Waals surface area (Å²) in [6, 6.07) is 14.7. The van der Waals surface area contributed by atoms with E-state index in [-0.39, 0.29) is 11.4 Å². The van der Waals surface area contributed by atoms with Crippen LogP contribution >= 0.6 is 0 Å². The van der Waals surface area contributed by atoms with Crippen LogP contribution in [-0.4, -0.2) is 8.42 Å². The van der Waals surface area contributed by atoms with Gasteiger partial charge in [-0.05, 0) is 60.7 Å². The molecule has 2 N–H and O–H groups in total. The Morgan fingerprint density at radius 1 is 0.581 bits per heavy atom. The summed E-state index contributed by atoms with van der Waals surface area (Å²) in [7, 11) is -4.69. The highest BCUT2D eigenvalue weighted by Gasteiger charge is 2.37. The maximum atomic E-state index is 13.8. The molecule has 0 bridgehead atoms. The minimum absolute atomic E-state index is 0.191. The van der Waals surface area contributed by atoms with E-state index in [9.17, 15) is 34.8 Å². The Labute approximate surface area is 240 Å². The monoisotopic (exact) mass is 618 g/mol. The molecule has 0 amide bonds. The summed E-state index contributed by atoms with van der Waals surface area (Å²) >= 11 is 0. The quantitative estimate of drug-likeness (QED) is 0.116. The number of para-hydroxylation sites is 2. The molecule has 0 radical (unpaired) electrons. The zero-order valence-electron chi connectivity index (χ0n) is 21.3. The lowest BCUT2D eigenvalue weighted by molar-refractivity contribution is -0.139. The molecule has 0 aliphatic rings. The summed E-state index contributed by atoms with van der Waals surface area (Å²) in [5.74, 6) is -2.59. The van der Waals surface area contributed by atoms with E-state index in [1.54, 1.807) is 0 Å². The van der Waals surface area contributed by atoms with Crippen LogP contribution in [0, 0.1) is 22.9 Å². The van der Waals surface area contributed by atoms with Crippen molar-refractivity contribution in [1.29, 1.82) is 10.5 Å². The van der Waals surface area contributed by atoms with Crippen LogP contribution in [0.4, 0.5) is 37.7 Å². The molecule has 8 nitrogen and oxygen atoms in total. The van der Waals surface area contributed by atoms with Gasteiger partial charge in [-0.2, -0.15) is 36.9 Å². The Morgan fingerprint density at radius 3 is 1.30 bits per heavy atom. The molecule has 43 heavy (non-hydrogen) atoms. The number of nitrogens with one attached hydrogen (secondary N) is 2. The minimum atomic E-state index is -4.95. The van der Waals surface area contributed by atoms with E-state index in [0.29, 0.717) is 12.1 Å².